The van der Waals surface area contributed by atoms with Crippen molar-refractivity contribution in [3.05, 3.63) is 78.4 Å². The molecular weight excluding hydrogens is 411 g/mol. The molecule has 3 aromatic rings. The van der Waals surface area contributed by atoms with Crippen molar-refractivity contribution in [1.82, 2.24) is 0 Å². The summed E-state index contributed by atoms with van der Waals surface area (Å²) in [4.78, 5) is 12.3. The Morgan fingerprint density at radius 1 is 0.788 bits per heavy atom. The second-order valence-corrected chi connectivity index (χ2v) is 8.91. The summed E-state index contributed by atoms with van der Waals surface area (Å²) in [7, 11) is 0. The van der Waals surface area contributed by atoms with Gasteiger partial charge in [0.2, 0.25) is 5.67 Å². The van der Waals surface area contributed by atoms with Gasteiger partial charge in [0.25, 0.3) is 0 Å². The summed E-state index contributed by atoms with van der Waals surface area (Å²) in [6.45, 7) is 5.57. The number of hydrogen-bond acceptors (Lipinski definition) is 2. The van der Waals surface area contributed by atoms with Gasteiger partial charge in [-0.05, 0) is 72.6 Å². The van der Waals surface area contributed by atoms with Gasteiger partial charge in [0.15, 0.2) is 0 Å². The van der Waals surface area contributed by atoms with Gasteiger partial charge in [-0.15, -0.1) is 0 Å². The van der Waals surface area contributed by atoms with E-state index in [2.05, 4.69) is 50.2 Å². The van der Waals surface area contributed by atoms with Crippen LogP contribution in [0.15, 0.2) is 72.8 Å². The second kappa shape index (κ2) is 11.8. The third kappa shape index (κ3) is 6.77. The van der Waals surface area contributed by atoms with Gasteiger partial charge in [0.1, 0.15) is 5.75 Å². The molecule has 0 fully saturated rings. The molecule has 1 atom stereocenters. The summed E-state index contributed by atoms with van der Waals surface area (Å²) < 4.78 is 20.0. The van der Waals surface area contributed by atoms with Gasteiger partial charge < -0.3 is 4.74 Å². The molecule has 0 saturated carbocycles. The number of alkyl halides is 1. The van der Waals surface area contributed by atoms with Crippen LogP contribution in [0.3, 0.4) is 0 Å². The van der Waals surface area contributed by atoms with Crippen LogP contribution < -0.4 is 4.74 Å². The molecule has 0 amide bonds. The summed E-state index contributed by atoms with van der Waals surface area (Å²) in [5.41, 5.74) is 3.83. The Bertz CT molecular complexity index is 1020. The molecule has 0 spiro atoms. The van der Waals surface area contributed by atoms with Crippen molar-refractivity contribution >= 4 is 5.97 Å². The van der Waals surface area contributed by atoms with Gasteiger partial charge in [-0.3, -0.25) is 0 Å². The lowest BCUT2D eigenvalue weighted by Gasteiger charge is -2.18. The predicted octanol–water partition coefficient (Wildman–Crippen LogP) is 8.58. The van der Waals surface area contributed by atoms with E-state index in [0.717, 1.165) is 36.0 Å². The summed E-state index contributed by atoms with van der Waals surface area (Å²) in [5, 5.41) is 0. The van der Waals surface area contributed by atoms with E-state index in [-0.39, 0.29) is 6.42 Å². The van der Waals surface area contributed by atoms with Crippen molar-refractivity contribution in [3.8, 4) is 28.0 Å². The first-order valence-corrected chi connectivity index (χ1v) is 12.1. The molecule has 0 heterocycles. The van der Waals surface area contributed by atoms with E-state index in [1.54, 1.807) is 12.1 Å². The summed E-state index contributed by atoms with van der Waals surface area (Å²) in [5.74, 6) is -0.462. The normalized spacial score (nSPS) is 12.8. The number of ether oxygens (including phenoxy) is 1. The first-order chi connectivity index (χ1) is 15.9. The zero-order chi connectivity index (χ0) is 23.7. The van der Waals surface area contributed by atoms with Crippen molar-refractivity contribution < 1.29 is 13.9 Å². The zero-order valence-electron chi connectivity index (χ0n) is 20.1. The number of carbonyl (C=O) groups excluding carboxylic acids is 1. The van der Waals surface area contributed by atoms with Crippen LogP contribution in [0.2, 0.25) is 0 Å². The highest BCUT2D eigenvalue weighted by molar-refractivity contribution is 5.84. The number of halogens is 1. The second-order valence-electron chi connectivity index (χ2n) is 8.91. The SMILES string of the molecule is CCCCCC(C)(F)C(=O)Oc1ccc(-c2ccccc2-c2ccc(CCCC)cc2)cc1. The van der Waals surface area contributed by atoms with Crippen LogP contribution >= 0.6 is 0 Å². The summed E-state index contributed by atoms with van der Waals surface area (Å²) in [6.07, 6.45) is 6.25. The van der Waals surface area contributed by atoms with Crippen molar-refractivity contribution in [3.63, 3.8) is 0 Å². The molecule has 0 saturated heterocycles. The molecule has 3 aromatic carbocycles. The van der Waals surface area contributed by atoms with Crippen LogP contribution in [0.4, 0.5) is 4.39 Å². The molecule has 0 N–H and O–H groups in total. The quantitative estimate of drug-likeness (QED) is 0.167. The lowest BCUT2D eigenvalue weighted by Crippen LogP contribution is -2.34. The average molecular weight is 447 g/mol. The first-order valence-electron chi connectivity index (χ1n) is 12.1. The van der Waals surface area contributed by atoms with Crippen molar-refractivity contribution in [2.75, 3.05) is 0 Å². The molecule has 174 valence electrons. The molecule has 3 rings (SSSR count). The molecule has 0 aliphatic rings. The Labute approximate surface area is 197 Å². The topological polar surface area (TPSA) is 26.3 Å². The molecule has 2 nitrogen and oxygen atoms in total. The van der Waals surface area contributed by atoms with Gasteiger partial charge in [0, 0.05) is 0 Å². The number of rotatable bonds is 11. The van der Waals surface area contributed by atoms with Crippen LogP contribution in [-0.4, -0.2) is 11.6 Å². The minimum atomic E-state index is -1.97. The Morgan fingerprint density at radius 2 is 1.33 bits per heavy atom. The average Bonchev–Trinajstić information content (AvgIpc) is 2.83. The fraction of sp³-hybridized carbons (Fsp3) is 0.367. The molecule has 0 aliphatic carbocycles. The van der Waals surface area contributed by atoms with E-state index in [4.69, 9.17) is 4.74 Å². The van der Waals surface area contributed by atoms with Gasteiger partial charge in [0.05, 0.1) is 0 Å². The molecule has 0 aliphatic heterocycles. The lowest BCUT2D eigenvalue weighted by atomic mass is 9.93. The third-order valence-electron chi connectivity index (χ3n) is 6.06. The molecule has 0 radical (unpaired) electrons. The minimum Gasteiger partial charge on any atom is -0.424 e. The smallest absolute Gasteiger partial charge is 0.348 e. The molecule has 33 heavy (non-hydrogen) atoms. The van der Waals surface area contributed by atoms with E-state index in [1.807, 2.05) is 24.3 Å². The monoisotopic (exact) mass is 446 g/mol. The Kier molecular flexibility index (Phi) is 8.82. The maximum Gasteiger partial charge on any atom is 0.348 e. The maximum absolute atomic E-state index is 14.7. The number of unbranched alkanes of at least 4 members (excludes halogenated alkanes) is 3. The van der Waals surface area contributed by atoms with Crippen molar-refractivity contribution in [2.24, 2.45) is 0 Å². The standard InChI is InChI=1S/C30H35FO2/c1-4-6-10-22-30(3,31)29(32)33-26-20-18-25(19-21-26)28-13-9-8-12-27(28)24-16-14-23(15-17-24)11-7-5-2/h8-9,12-21H,4-7,10-11,22H2,1-3H3. The summed E-state index contributed by atoms with van der Waals surface area (Å²) in [6, 6.07) is 24.4. The van der Waals surface area contributed by atoms with Gasteiger partial charge in [-0.1, -0.05) is 93.8 Å². The Balaban J connectivity index is 1.74. The predicted molar refractivity (Wildman–Crippen MR) is 135 cm³/mol. The van der Waals surface area contributed by atoms with Crippen LogP contribution in [0, 0.1) is 0 Å². The fourth-order valence-corrected chi connectivity index (χ4v) is 3.94. The van der Waals surface area contributed by atoms with Crippen LogP contribution in [0.1, 0.15) is 64.9 Å². The number of aryl methyl sites for hydroxylation is 1. The number of esters is 1. The molecule has 1 unspecified atom stereocenters. The van der Waals surface area contributed by atoms with E-state index in [1.165, 1.54) is 30.9 Å². The van der Waals surface area contributed by atoms with E-state index in [9.17, 15) is 9.18 Å². The largest absolute Gasteiger partial charge is 0.424 e. The first kappa shape index (κ1) is 24.7. The highest BCUT2D eigenvalue weighted by Gasteiger charge is 2.34. The third-order valence-corrected chi connectivity index (χ3v) is 6.06. The lowest BCUT2D eigenvalue weighted by molar-refractivity contribution is -0.147. The number of hydrogen-bond donors (Lipinski definition) is 0. The fourth-order valence-electron chi connectivity index (χ4n) is 3.94. The Hall–Kier alpha value is -2.94. The van der Waals surface area contributed by atoms with Gasteiger partial charge in [-0.2, -0.15) is 0 Å². The van der Waals surface area contributed by atoms with Crippen LogP contribution in [0.25, 0.3) is 22.3 Å². The van der Waals surface area contributed by atoms with Crippen molar-refractivity contribution in [1.29, 1.82) is 0 Å². The van der Waals surface area contributed by atoms with E-state index >= 15 is 0 Å². The van der Waals surface area contributed by atoms with Gasteiger partial charge >= 0.3 is 5.97 Å². The van der Waals surface area contributed by atoms with Crippen LogP contribution in [-0.2, 0) is 11.2 Å². The van der Waals surface area contributed by atoms with Crippen molar-refractivity contribution in [2.45, 2.75) is 71.4 Å². The Morgan fingerprint density at radius 3 is 1.88 bits per heavy atom. The van der Waals surface area contributed by atoms with E-state index < -0.39 is 11.6 Å². The van der Waals surface area contributed by atoms with E-state index in [0.29, 0.717) is 12.2 Å². The number of carbonyl (C=O) groups is 1. The van der Waals surface area contributed by atoms with Gasteiger partial charge in [-0.25, -0.2) is 9.18 Å². The van der Waals surface area contributed by atoms with Crippen LogP contribution in [0.5, 0.6) is 5.75 Å². The zero-order valence-corrected chi connectivity index (χ0v) is 20.1. The molecular formula is C30H35FO2. The molecule has 0 aromatic heterocycles. The molecule has 3 heteroatoms. The summed E-state index contributed by atoms with van der Waals surface area (Å²) >= 11 is 0. The highest BCUT2D eigenvalue weighted by Crippen LogP contribution is 2.33. The minimum absolute atomic E-state index is 0.183. The number of benzene rings is 3. The maximum atomic E-state index is 14.7. The molecule has 0 bridgehead atoms. The highest BCUT2D eigenvalue weighted by atomic mass is 19.1.